The van der Waals surface area contributed by atoms with Gasteiger partial charge in [0.1, 0.15) is 9.71 Å². The lowest BCUT2D eigenvalue weighted by Gasteiger charge is -2.05. The van der Waals surface area contributed by atoms with Crippen LogP contribution in [0.4, 0.5) is 11.4 Å². The molecule has 0 aliphatic carbocycles. The molecule has 0 bridgehead atoms. The molecule has 0 saturated carbocycles. The third-order valence-corrected chi connectivity index (χ3v) is 5.55. The number of hydrogen-bond acceptors (Lipinski definition) is 6. The first-order valence-corrected chi connectivity index (χ1v) is 9.37. The summed E-state index contributed by atoms with van der Waals surface area (Å²) in [4.78, 5) is 30.0. The van der Waals surface area contributed by atoms with Crippen LogP contribution in [0.3, 0.4) is 0 Å². The van der Waals surface area contributed by atoms with Crippen LogP contribution in [0.1, 0.15) is 25.6 Å². The number of nitrogen functional groups attached to an aromatic ring is 1. The van der Waals surface area contributed by atoms with E-state index in [4.69, 9.17) is 5.73 Å². The fourth-order valence-corrected chi connectivity index (χ4v) is 3.97. The van der Waals surface area contributed by atoms with Crippen LogP contribution in [-0.4, -0.2) is 24.0 Å². The number of esters is 1. The van der Waals surface area contributed by atoms with Gasteiger partial charge in [-0.05, 0) is 49.4 Å². The van der Waals surface area contributed by atoms with Gasteiger partial charge in [0.25, 0.3) is 5.91 Å². The van der Waals surface area contributed by atoms with E-state index in [0.29, 0.717) is 21.8 Å². The second-order valence-corrected chi connectivity index (χ2v) is 7.40. The maximum atomic E-state index is 12.7. The van der Waals surface area contributed by atoms with E-state index >= 15 is 0 Å². The smallest absolute Gasteiger partial charge is 0.337 e. The molecule has 2 aromatic carbocycles. The Bertz CT molecular complexity index is 1230. The van der Waals surface area contributed by atoms with Gasteiger partial charge < -0.3 is 15.8 Å². The fraction of sp³-hybridized carbons (Fsp3) is 0.0952. The summed E-state index contributed by atoms with van der Waals surface area (Å²) in [6.45, 7) is 2.02. The number of methoxy groups -OCH3 is 1. The number of carbonyl (C=O) groups is 2. The van der Waals surface area contributed by atoms with E-state index in [1.165, 1.54) is 18.4 Å². The highest BCUT2D eigenvalue weighted by Gasteiger charge is 2.18. The van der Waals surface area contributed by atoms with Gasteiger partial charge in [-0.3, -0.25) is 4.79 Å². The van der Waals surface area contributed by atoms with Gasteiger partial charge in [-0.2, -0.15) is 0 Å². The first-order chi connectivity index (χ1) is 13.5. The van der Waals surface area contributed by atoms with E-state index in [-0.39, 0.29) is 5.91 Å². The largest absolute Gasteiger partial charge is 0.465 e. The summed E-state index contributed by atoms with van der Waals surface area (Å²) in [5, 5.41) is 4.57. The topological polar surface area (TPSA) is 94.3 Å². The Balaban J connectivity index is 1.66. The van der Waals surface area contributed by atoms with Crippen molar-refractivity contribution in [1.29, 1.82) is 0 Å². The Morgan fingerprint density at radius 3 is 2.57 bits per heavy atom. The molecule has 7 heteroatoms. The number of amides is 1. The van der Waals surface area contributed by atoms with E-state index in [1.807, 2.05) is 31.2 Å². The van der Waals surface area contributed by atoms with Crippen molar-refractivity contribution in [2.24, 2.45) is 0 Å². The summed E-state index contributed by atoms with van der Waals surface area (Å²) in [5.74, 6) is -0.744. The molecule has 2 heterocycles. The predicted octanol–water partition coefficient (Wildman–Crippen LogP) is 4.38. The minimum Gasteiger partial charge on any atom is -0.465 e. The molecule has 0 fully saturated rings. The first kappa shape index (κ1) is 17.9. The average molecular weight is 391 g/mol. The van der Waals surface area contributed by atoms with Crippen LogP contribution in [-0.2, 0) is 4.74 Å². The standard InChI is InChI=1S/C21H17N3O3S/c1-11-3-8-16-13(9-11)10-15-17(22)18(28-20(15)24-16)19(25)23-14-6-4-12(5-7-14)21(26)27-2/h3-10H,22H2,1-2H3,(H,23,25). The monoisotopic (exact) mass is 391 g/mol. The van der Waals surface area contributed by atoms with Gasteiger partial charge in [-0.25, -0.2) is 9.78 Å². The summed E-state index contributed by atoms with van der Waals surface area (Å²) in [6, 6.07) is 14.4. The average Bonchev–Trinajstić information content (AvgIpc) is 3.02. The van der Waals surface area contributed by atoms with Crippen molar-refractivity contribution in [2.45, 2.75) is 6.92 Å². The van der Waals surface area contributed by atoms with E-state index in [1.54, 1.807) is 24.3 Å². The molecule has 4 rings (SSSR count). The number of fused-ring (bicyclic) bond motifs is 2. The maximum absolute atomic E-state index is 12.7. The third-order valence-electron chi connectivity index (χ3n) is 4.44. The van der Waals surface area contributed by atoms with Crippen molar-refractivity contribution in [3.8, 4) is 0 Å². The number of pyridine rings is 1. The molecule has 140 valence electrons. The Morgan fingerprint density at radius 2 is 1.86 bits per heavy atom. The number of hydrogen-bond donors (Lipinski definition) is 2. The van der Waals surface area contributed by atoms with Gasteiger partial charge in [-0.1, -0.05) is 11.6 Å². The van der Waals surface area contributed by atoms with Gasteiger partial charge in [0.15, 0.2) is 0 Å². The van der Waals surface area contributed by atoms with E-state index in [2.05, 4.69) is 15.0 Å². The number of benzene rings is 2. The molecular formula is C21H17N3O3S. The van der Waals surface area contributed by atoms with E-state index < -0.39 is 5.97 Å². The molecule has 0 aliphatic rings. The maximum Gasteiger partial charge on any atom is 0.337 e. The second-order valence-electron chi connectivity index (χ2n) is 6.41. The number of nitrogens with one attached hydrogen (secondary N) is 1. The van der Waals surface area contributed by atoms with Crippen LogP contribution >= 0.6 is 11.3 Å². The second kappa shape index (κ2) is 6.94. The molecule has 1 amide bonds. The lowest BCUT2D eigenvalue weighted by atomic mass is 10.1. The first-order valence-electron chi connectivity index (χ1n) is 8.55. The lowest BCUT2D eigenvalue weighted by Crippen LogP contribution is -2.12. The highest BCUT2D eigenvalue weighted by molar-refractivity contribution is 7.21. The van der Waals surface area contributed by atoms with Gasteiger partial charge in [0.2, 0.25) is 0 Å². The van der Waals surface area contributed by atoms with Gasteiger partial charge >= 0.3 is 5.97 Å². The van der Waals surface area contributed by atoms with Crippen molar-refractivity contribution < 1.29 is 14.3 Å². The number of ether oxygens (including phenoxy) is 1. The zero-order valence-corrected chi connectivity index (χ0v) is 16.1. The number of thiophene rings is 1. The lowest BCUT2D eigenvalue weighted by molar-refractivity contribution is 0.0600. The number of rotatable bonds is 3. The Labute approximate surface area is 164 Å². The van der Waals surface area contributed by atoms with Crippen LogP contribution in [0.25, 0.3) is 21.1 Å². The summed E-state index contributed by atoms with van der Waals surface area (Å²) in [6.07, 6.45) is 0. The van der Waals surface area contributed by atoms with Crippen LogP contribution in [0.2, 0.25) is 0 Å². The van der Waals surface area contributed by atoms with Gasteiger partial charge in [0, 0.05) is 16.5 Å². The minimum absolute atomic E-state index is 0.313. The third kappa shape index (κ3) is 3.16. The zero-order chi connectivity index (χ0) is 19.8. The van der Waals surface area contributed by atoms with Crippen molar-refractivity contribution >= 4 is 55.7 Å². The van der Waals surface area contributed by atoms with Crippen LogP contribution in [0.5, 0.6) is 0 Å². The van der Waals surface area contributed by atoms with E-state index in [0.717, 1.165) is 26.7 Å². The Kier molecular flexibility index (Phi) is 4.44. The minimum atomic E-state index is -0.431. The Hall–Kier alpha value is -3.45. The number of aryl methyl sites for hydroxylation is 1. The highest BCUT2D eigenvalue weighted by Crippen LogP contribution is 2.35. The van der Waals surface area contributed by atoms with Crippen LogP contribution in [0.15, 0.2) is 48.5 Å². The summed E-state index contributed by atoms with van der Waals surface area (Å²) in [7, 11) is 1.32. The summed E-state index contributed by atoms with van der Waals surface area (Å²) < 4.78 is 4.67. The SMILES string of the molecule is COC(=O)c1ccc(NC(=O)c2sc3nc4ccc(C)cc4cc3c2N)cc1. The number of anilines is 2. The molecule has 4 aromatic rings. The molecule has 0 spiro atoms. The Morgan fingerprint density at radius 1 is 1.11 bits per heavy atom. The zero-order valence-electron chi connectivity index (χ0n) is 15.3. The molecule has 3 N–H and O–H groups in total. The molecule has 0 atom stereocenters. The predicted molar refractivity (Wildman–Crippen MR) is 112 cm³/mol. The molecule has 0 saturated heterocycles. The quantitative estimate of drug-likeness (QED) is 0.506. The van der Waals surface area contributed by atoms with E-state index in [9.17, 15) is 9.59 Å². The summed E-state index contributed by atoms with van der Waals surface area (Å²) >= 11 is 1.26. The normalized spacial score (nSPS) is 10.9. The molecule has 0 unspecified atom stereocenters. The van der Waals surface area contributed by atoms with Crippen molar-refractivity contribution in [3.05, 3.63) is 64.5 Å². The molecule has 2 aromatic heterocycles. The highest BCUT2D eigenvalue weighted by atomic mass is 32.1. The van der Waals surface area contributed by atoms with Crippen molar-refractivity contribution in [2.75, 3.05) is 18.2 Å². The molecule has 28 heavy (non-hydrogen) atoms. The number of aromatic nitrogens is 1. The molecule has 0 radical (unpaired) electrons. The van der Waals surface area contributed by atoms with Gasteiger partial charge in [0.05, 0.1) is 23.9 Å². The van der Waals surface area contributed by atoms with Crippen molar-refractivity contribution in [1.82, 2.24) is 4.98 Å². The number of carbonyl (C=O) groups excluding carboxylic acids is 2. The fourth-order valence-electron chi connectivity index (χ4n) is 2.99. The molecule has 6 nitrogen and oxygen atoms in total. The molecular weight excluding hydrogens is 374 g/mol. The van der Waals surface area contributed by atoms with Gasteiger partial charge in [-0.15, -0.1) is 11.3 Å². The molecule has 0 aliphatic heterocycles. The number of nitrogens with two attached hydrogens (primary N) is 1. The van der Waals surface area contributed by atoms with Crippen molar-refractivity contribution in [3.63, 3.8) is 0 Å². The summed E-state index contributed by atoms with van der Waals surface area (Å²) in [5.41, 5.74) is 9.64. The van der Waals surface area contributed by atoms with Crippen LogP contribution < -0.4 is 11.1 Å². The number of nitrogens with zero attached hydrogens (tertiary/aromatic N) is 1. The van der Waals surface area contributed by atoms with Crippen LogP contribution in [0, 0.1) is 6.92 Å².